The standard InChI is InChI=1S/C15H18N2O2/c1-15(7-8-15)17-10-13(18)16-12(14(17)19)9-11-5-3-2-4-6-11/h2-6,12H,7-10H2,1H3,(H,16,18). The summed E-state index contributed by atoms with van der Waals surface area (Å²) in [5, 5.41) is 2.81. The number of nitrogens with zero attached hydrogens (tertiary/aromatic N) is 1. The van der Waals surface area contributed by atoms with Crippen LogP contribution in [-0.4, -0.2) is 34.8 Å². The molecule has 100 valence electrons. The number of benzene rings is 1. The molecule has 2 fully saturated rings. The second kappa shape index (κ2) is 4.37. The Morgan fingerprint density at radius 2 is 1.95 bits per heavy atom. The zero-order chi connectivity index (χ0) is 13.5. The molecule has 1 aromatic carbocycles. The van der Waals surface area contributed by atoms with Crippen molar-refractivity contribution in [3.63, 3.8) is 0 Å². The van der Waals surface area contributed by atoms with E-state index in [9.17, 15) is 9.59 Å². The normalized spacial score (nSPS) is 25.1. The number of piperazine rings is 1. The van der Waals surface area contributed by atoms with Gasteiger partial charge in [0.25, 0.3) is 0 Å². The molecule has 1 heterocycles. The highest BCUT2D eigenvalue weighted by Gasteiger charge is 2.49. The molecular weight excluding hydrogens is 240 g/mol. The first-order chi connectivity index (χ1) is 9.08. The van der Waals surface area contributed by atoms with Crippen LogP contribution < -0.4 is 5.32 Å². The van der Waals surface area contributed by atoms with Crippen molar-refractivity contribution in [1.82, 2.24) is 10.2 Å². The second-order valence-electron chi connectivity index (χ2n) is 5.73. The zero-order valence-electron chi connectivity index (χ0n) is 11.1. The van der Waals surface area contributed by atoms with Crippen molar-refractivity contribution in [3.05, 3.63) is 35.9 Å². The highest BCUT2D eigenvalue weighted by atomic mass is 16.2. The third-order valence-electron chi connectivity index (χ3n) is 4.11. The minimum absolute atomic E-state index is 0.0475. The summed E-state index contributed by atoms with van der Waals surface area (Å²) >= 11 is 0. The smallest absolute Gasteiger partial charge is 0.246 e. The molecule has 2 amide bonds. The van der Waals surface area contributed by atoms with Gasteiger partial charge < -0.3 is 10.2 Å². The first-order valence-corrected chi connectivity index (χ1v) is 6.73. The topological polar surface area (TPSA) is 49.4 Å². The van der Waals surface area contributed by atoms with Gasteiger partial charge in [-0.1, -0.05) is 30.3 Å². The van der Waals surface area contributed by atoms with Crippen molar-refractivity contribution in [1.29, 1.82) is 0 Å². The Kier molecular flexibility index (Phi) is 2.81. The Labute approximate surface area is 112 Å². The van der Waals surface area contributed by atoms with Gasteiger partial charge in [0, 0.05) is 12.0 Å². The van der Waals surface area contributed by atoms with Crippen LogP contribution in [0.2, 0.25) is 0 Å². The minimum atomic E-state index is -0.416. The van der Waals surface area contributed by atoms with E-state index in [4.69, 9.17) is 0 Å². The van der Waals surface area contributed by atoms with E-state index in [1.165, 1.54) is 0 Å². The van der Waals surface area contributed by atoms with Crippen molar-refractivity contribution in [2.45, 2.75) is 37.8 Å². The molecule has 1 aliphatic heterocycles. The van der Waals surface area contributed by atoms with Crippen LogP contribution in [-0.2, 0) is 16.0 Å². The van der Waals surface area contributed by atoms with Crippen LogP contribution in [0, 0.1) is 0 Å². The minimum Gasteiger partial charge on any atom is -0.342 e. The van der Waals surface area contributed by atoms with E-state index in [0.29, 0.717) is 6.42 Å². The summed E-state index contributed by atoms with van der Waals surface area (Å²) in [6.07, 6.45) is 2.58. The molecule has 1 aromatic rings. The molecule has 1 atom stereocenters. The molecular formula is C15H18N2O2. The summed E-state index contributed by atoms with van der Waals surface area (Å²) in [4.78, 5) is 26.0. The molecule has 0 aromatic heterocycles. The fourth-order valence-electron chi connectivity index (χ4n) is 2.61. The number of hydrogen-bond acceptors (Lipinski definition) is 2. The van der Waals surface area contributed by atoms with Gasteiger partial charge in [0.05, 0.1) is 0 Å². The fourth-order valence-corrected chi connectivity index (χ4v) is 2.61. The van der Waals surface area contributed by atoms with Gasteiger partial charge >= 0.3 is 0 Å². The van der Waals surface area contributed by atoms with Crippen molar-refractivity contribution < 1.29 is 9.59 Å². The average Bonchev–Trinajstić information content (AvgIpc) is 3.14. The Balaban J connectivity index is 1.77. The molecule has 2 aliphatic rings. The number of rotatable bonds is 3. The molecule has 1 saturated carbocycles. The van der Waals surface area contributed by atoms with Crippen LogP contribution in [0.15, 0.2) is 30.3 Å². The van der Waals surface area contributed by atoms with Gasteiger partial charge in [0.15, 0.2) is 0 Å². The van der Waals surface area contributed by atoms with Crippen LogP contribution in [0.1, 0.15) is 25.3 Å². The van der Waals surface area contributed by atoms with Crippen LogP contribution in [0.4, 0.5) is 0 Å². The van der Waals surface area contributed by atoms with Crippen molar-refractivity contribution in [2.75, 3.05) is 6.54 Å². The van der Waals surface area contributed by atoms with Gasteiger partial charge in [-0.3, -0.25) is 9.59 Å². The van der Waals surface area contributed by atoms with Crippen LogP contribution >= 0.6 is 0 Å². The Hall–Kier alpha value is -1.84. The van der Waals surface area contributed by atoms with E-state index in [-0.39, 0.29) is 23.9 Å². The quantitative estimate of drug-likeness (QED) is 0.883. The molecule has 1 unspecified atom stereocenters. The second-order valence-corrected chi connectivity index (χ2v) is 5.73. The van der Waals surface area contributed by atoms with Gasteiger partial charge in [0.1, 0.15) is 12.6 Å². The average molecular weight is 258 g/mol. The van der Waals surface area contributed by atoms with E-state index in [2.05, 4.69) is 12.2 Å². The zero-order valence-corrected chi connectivity index (χ0v) is 11.1. The molecule has 1 saturated heterocycles. The predicted molar refractivity (Wildman–Crippen MR) is 71.4 cm³/mol. The van der Waals surface area contributed by atoms with Crippen LogP contribution in [0.25, 0.3) is 0 Å². The summed E-state index contributed by atoms with van der Waals surface area (Å²) in [6.45, 7) is 2.27. The van der Waals surface area contributed by atoms with Gasteiger partial charge in [0.2, 0.25) is 11.8 Å². The number of nitrogens with one attached hydrogen (secondary N) is 1. The van der Waals surface area contributed by atoms with E-state index < -0.39 is 6.04 Å². The molecule has 1 N–H and O–H groups in total. The van der Waals surface area contributed by atoms with Crippen LogP contribution in [0.5, 0.6) is 0 Å². The number of carbonyl (C=O) groups is 2. The Bertz CT molecular complexity index is 508. The molecule has 0 radical (unpaired) electrons. The summed E-state index contributed by atoms with van der Waals surface area (Å²) in [6, 6.07) is 9.40. The lowest BCUT2D eigenvalue weighted by Crippen LogP contribution is -2.61. The van der Waals surface area contributed by atoms with Gasteiger partial charge in [-0.25, -0.2) is 0 Å². The molecule has 4 nitrogen and oxygen atoms in total. The summed E-state index contributed by atoms with van der Waals surface area (Å²) in [7, 11) is 0. The molecule has 4 heteroatoms. The number of hydrogen-bond donors (Lipinski definition) is 1. The summed E-state index contributed by atoms with van der Waals surface area (Å²) in [5.41, 5.74) is 0.994. The highest BCUT2D eigenvalue weighted by molar-refractivity contribution is 5.95. The Morgan fingerprint density at radius 1 is 1.26 bits per heavy atom. The van der Waals surface area contributed by atoms with E-state index in [1.807, 2.05) is 30.3 Å². The summed E-state index contributed by atoms with van der Waals surface area (Å²) < 4.78 is 0. The molecule has 1 aliphatic carbocycles. The van der Waals surface area contributed by atoms with Crippen molar-refractivity contribution in [2.24, 2.45) is 0 Å². The fraction of sp³-hybridized carbons (Fsp3) is 0.467. The highest BCUT2D eigenvalue weighted by Crippen LogP contribution is 2.41. The maximum Gasteiger partial charge on any atom is 0.246 e. The molecule has 0 bridgehead atoms. The van der Waals surface area contributed by atoms with E-state index in [1.54, 1.807) is 4.90 Å². The lowest BCUT2D eigenvalue weighted by molar-refractivity contribution is -0.147. The SMILES string of the molecule is CC1(N2CC(=O)NC(Cc3ccccc3)C2=O)CC1. The first-order valence-electron chi connectivity index (χ1n) is 6.73. The maximum absolute atomic E-state index is 12.5. The number of carbonyl (C=O) groups excluding carboxylic acids is 2. The lowest BCUT2D eigenvalue weighted by Gasteiger charge is -2.37. The van der Waals surface area contributed by atoms with E-state index >= 15 is 0 Å². The van der Waals surface area contributed by atoms with Crippen LogP contribution in [0.3, 0.4) is 0 Å². The predicted octanol–water partition coefficient (Wildman–Crippen LogP) is 1.11. The maximum atomic E-state index is 12.5. The lowest BCUT2D eigenvalue weighted by atomic mass is 10.0. The van der Waals surface area contributed by atoms with E-state index in [0.717, 1.165) is 18.4 Å². The molecule has 3 rings (SSSR count). The van der Waals surface area contributed by atoms with Gasteiger partial charge in [-0.05, 0) is 25.3 Å². The van der Waals surface area contributed by atoms with Gasteiger partial charge in [-0.2, -0.15) is 0 Å². The molecule has 19 heavy (non-hydrogen) atoms. The largest absolute Gasteiger partial charge is 0.342 e. The third kappa shape index (κ3) is 2.35. The molecule has 0 spiro atoms. The number of amides is 2. The third-order valence-corrected chi connectivity index (χ3v) is 4.11. The monoisotopic (exact) mass is 258 g/mol. The first kappa shape index (κ1) is 12.2. The summed E-state index contributed by atoms with van der Waals surface area (Å²) in [5.74, 6) is 0.0112. The van der Waals surface area contributed by atoms with Crippen molar-refractivity contribution in [3.8, 4) is 0 Å². The van der Waals surface area contributed by atoms with Crippen molar-refractivity contribution >= 4 is 11.8 Å². The van der Waals surface area contributed by atoms with Gasteiger partial charge in [-0.15, -0.1) is 0 Å². The Morgan fingerprint density at radius 3 is 2.58 bits per heavy atom.